The number of piperidine rings is 1. The van der Waals surface area contributed by atoms with Crippen molar-refractivity contribution >= 4 is 22.8 Å². The lowest BCUT2D eigenvalue weighted by Crippen LogP contribution is -2.46. The van der Waals surface area contributed by atoms with E-state index in [4.69, 9.17) is 10.3 Å². The summed E-state index contributed by atoms with van der Waals surface area (Å²) >= 11 is 0. The Morgan fingerprint density at radius 1 is 1.33 bits per heavy atom. The molecule has 0 aliphatic carbocycles. The molecule has 0 unspecified atom stereocenters. The number of anilines is 2. The summed E-state index contributed by atoms with van der Waals surface area (Å²) in [6.07, 6.45) is -1.25. The summed E-state index contributed by atoms with van der Waals surface area (Å²) in [6, 6.07) is 6.35. The van der Waals surface area contributed by atoms with Crippen LogP contribution in [0.3, 0.4) is 0 Å². The van der Waals surface area contributed by atoms with E-state index in [1.54, 1.807) is 35.0 Å². The van der Waals surface area contributed by atoms with Gasteiger partial charge in [-0.05, 0) is 37.2 Å². The Kier molecular flexibility index (Phi) is 6.63. The van der Waals surface area contributed by atoms with Crippen molar-refractivity contribution in [2.24, 2.45) is 5.11 Å². The second-order valence-electron chi connectivity index (χ2n) is 7.90. The van der Waals surface area contributed by atoms with E-state index in [9.17, 15) is 13.2 Å². The number of benzene rings is 1. The van der Waals surface area contributed by atoms with Crippen LogP contribution in [0.4, 0.5) is 30.5 Å². The van der Waals surface area contributed by atoms with Crippen molar-refractivity contribution in [2.45, 2.75) is 25.1 Å². The van der Waals surface area contributed by atoms with Gasteiger partial charge in [-0.25, -0.2) is 23.2 Å². The molecule has 1 aromatic carbocycles. The van der Waals surface area contributed by atoms with Crippen LogP contribution < -0.4 is 15.4 Å². The molecule has 3 N–H and O–H groups in total. The summed E-state index contributed by atoms with van der Waals surface area (Å²) in [7, 11) is 3.36. The Morgan fingerprint density at radius 2 is 2.15 bits per heavy atom. The average Bonchev–Trinajstić information content (AvgIpc) is 3.23. The molecule has 0 bridgehead atoms. The molecule has 0 radical (unpaired) electrons. The molecule has 9 nitrogen and oxygen atoms in total. The Bertz CT molecular complexity index is 1140. The lowest BCUT2D eigenvalue weighted by Gasteiger charge is -2.32. The smallest absolute Gasteiger partial charge is 0.255 e. The zero-order chi connectivity index (χ0) is 23.5. The van der Waals surface area contributed by atoms with Crippen LogP contribution in [0, 0.1) is 5.53 Å². The SMILES string of the molecule is COc1nc(N[C@H]2CCN(C)C[C@H]2F)nn2ccc(-c3ccc(N=N)c(NCC(F)F)c3)c12. The highest BCUT2D eigenvalue weighted by Crippen LogP contribution is 2.36. The maximum absolute atomic E-state index is 14.4. The number of halogens is 3. The maximum atomic E-state index is 14.4. The number of fused-ring (bicyclic) bond motifs is 1. The summed E-state index contributed by atoms with van der Waals surface area (Å²) < 4.78 is 46.9. The van der Waals surface area contributed by atoms with Gasteiger partial charge in [0.05, 0.1) is 25.4 Å². The van der Waals surface area contributed by atoms with Crippen LogP contribution >= 0.6 is 0 Å². The van der Waals surface area contributed by atoms with E-state index in [0.717, 1.165) is 6.54 Å². The largest absolute Gasteiger partial charge is 0.479 e. The van der Waals surface area contributed by atoms with E-state index in [2.05, 4.69) is 25.8 Å². The van der Waals surface area contributed by atoms with Gasteiger partial charge < -0.3 is 20.3 Å². The third kappa shape index (κ3) is 4.85. The summed E-state index contributed by atoms with van der Waals surface area (Å²) in [5, 5.41) is 13.6. The first kappa shape index (κ1) is 22.8. The topological polar surface area (TPSA) is 103 Å². The van der Waals surface area contributed by atoms with Gasteiger partial charge in [0.1, 0.15) is 17.4 Å². The molecule has 0 amide bonds. The molecule has 0 spiro atoms. The maximum Gasteiger partial charge on any atom is 0.255 e. The van der Waals surface area contributed by atoms with Crippen molar-refractivity contribution in [2.75, 3.05) is 44.4 Å². The minimum absolute atomic E-state index is 0.247. The van der Waals surface area contributed by atoms with Gasteiger partial charge in [0.15, 0.2) is 0 Å². The van der Waals surface area contributed by atoms with Crippen LogP contribution in [0.2, 0.25) is 0 Å². The molecular weight excluding hydrogens is 437 g/mol. The zero-order valence-corrected chi connectivity index (χ0v) is 18.2. The molecule has 2 atom stereocenters. The van der Waals surface area contributed by atoms with E-state index >= 15 is 0 Å². The molecule has 1 aliphatic rings. The standard InChI is InChI=1S/C21H25F3N8O/c1-31-7-6-15(14(22)11-31)27-21-28-20(33-2)19-13(5-8-32(19)30-21)12-3-4-16(29-25)17(9-12)26-10-18(23)24/h3-5,8-9,14-15,18,25-26H,6-7,10-11H2,1-2H3,(H,27,30)/t14-,15+/m1/s1. The third-order valence-corrected chi connectivity index (χ3v) is 5.61. The fourth-order valence-corrected chi connectivity index (χ4v) is 3.94. The highest BCUT2D eigenvalue weighted by Gasteiger charge is 2.28. The first-order chi connectivity index (χ1) is 15.9. The second kappa shape index (κ2) is 9.61. The monoisotopic (exact) mass is 462 g/mol. The minimum atomic E-state index is -2.55. The van der Waals surface area contributed by atoms with Crippen LogP contribution in [0.5, 0.6) is 5.88 Å². The quantitative estimate of drug-likeness (QED) is 0.434. The summed E-state index contributed by atoms with van der Waals surface area (Å²) in [4.78, 5) is 6.37. The molecule has 33 heavy (non-hydrogen) atoms. The van der Waals surface area contributed by atoms with Crippen molar-refractivity contribution in [3.8, 4) is 17.0 Å². The van der Waals surface area contributed by atoms with Gasteiger partial charge in [-0.2, -0.15) is 10.1 Å². The van der Waals surface area contributed by atoms with Crippen LogP contribution in [0.1, 0.15) is 6.42 Å². The highest BCUT2D eigenvalue weighted by molar-refractivity contribution is 5.87. The van der Waals surface area contributed by atoms with Gasteiger partial charge in [-0.3, -0.25) is 0 Å². The Morgan fingerprint density at radius 3 is 2.85 bits per heavy atom. The highest BCUT2D eigenvalue weighted by atomic mass is 19.3. The number of hydrogen-bond donors (Lipinski definition) is 3. The van der Waals surface area contributed by atoms with Gasteiger partial charge in [-0.1, -0.05) is 6.07 Å². The van der Waals surface area contributed by atoms with Crippen LogP contribution in [0.15, 0.2) is 35.6 Å². The fourth-order valence-electron chi connectivity index (χ4n) is 3.94. The fraction of sp³-hybridized carbons (Fsp3) is 0.429. The summed E-state index contributed by atoms with van der Waals surface area (Å²) in [5.74, 6) is 0.536. The minimum Gasteiger partial charge on any atom is -0.479 e. The second-order valence-corrected chi connectivity index (χ2v) is 7.90. The van der Waals surface area contributed by atoms with Crippen LogP contribution in [-0.4, -0.2) is 71.9 Å². The van der Waals surface area contributed by atoms with Crippen molar-refractivity contribution in [1.29, 1.82) is 5.53 Å². The van der Waals surface area contributed by atoms with E-state index in [0.29, 0.717) is 35.3 Å². The number of rotatable bonds is 8. The molecule has 1 aliphatic heterocycles. The van der Waals surface area contributed by atoms with Crippen LogP contribution in [0.25, 0.3) is 16.6 Å². The predicted molar refractivity (Wildman–Crippen MR) is 119 cm³/mol. The summed E-state index contributed by atoms with van der Waals surface area (Å²) in [6.45, 7) is 0.553. The Labute approximate surface area is 188 Å². The first-order valence-corrected chi connectivity index (χ1v) is 10.5. The molecule has 4 rings (SSSR count). The van der Waals surface area contributed by atoms with Gasteiger partial charge >= 0.3 is 0 Å². The number of alkyl halides is 3. The molecule has 176 valence electrons. The van der Waals surface area contributed by atoms with Crippen molar-refractivity contribution in [3.05, 3.63) is 30.5 Å². The lowest BCUT2D eigenvalue weighted by molar-refractivity contribution is 0.149. The number of likely N-dealkylation sites (tertiary alicyclic amines) is 1. The predicted octanol–water partition coefficient (Wildman–Crippen LogP) is 4.20. The van der Waals surface area contributed by atoms with Crippen molar-refractivity contribution < 1.29 is 17.9 Å². The normalized spacial score (nSPS) is 19.1. The van der Waals surface area contributed by atoms with Gasteiger partial charge in [-0.15, -0.1) is 5.10 Å². The van der Waals surface area contributed by atoms with Crippen molar-refractivity contribution in [3.63, 3.8) is 0 Å². The van der Waals surface area contributed by atoms with Gasteiger partial charge in [0.2, 0.25) is 11.8 Å². The molecule has 1 fully saturated rings. The van der Waals surface area contributed by atoms with E-state index < -0.39 is 25.2 Å². The summed E-state index contributed by atoms with van der Waals surface area (Å²) in [5.41, 5.74) is 9.80. The van der Waals surface area contributed by atoms with E-state index in [1.165, 1.54) is 7.11 Å². The third-order valence-electron chi connectivity index (χ3n) is 5.61. The number of nitrogens with zero attached hydrogens (tertiary/aromatic N) is 5. The molecule has 2 aromatic heterocycles. The number of hydrogen-bond acceptors (Lipinski definition) is 8. The lowest BCUT2D eigenvalue weighted by atomic mass is 10.0. The average molecular weight is 462 g/mol. The van der Waals surface area contributed by atoms with E-state index in [1.807, 2.05) is 11.9 Å². The number of methoxy groups -OCH3 is 1. The first-order valence-electron chi connectivity index (χ1n) is 10.5. The molecule has 3 heterocycles. The van der Waals surface area contributed by atoms with Crippen molar-refractivity contribution in [1.82, 2.24) is 19.5 Å². The Hall–Kier alpha value is -3.41. The Balaban J connectivity index is 1.67. The van der Waals surface area contributed by atoms with Gasteiger partial charge in [0, 0.05) is 24.8 Å². The molecular formula is C21H25F3N8O. The number of ether oxygens (including phenoxy) is 1. The molecule has 3 aromatic rings. The number of nitrogens with one attached hydrogen (secondary N) is 3. The zero-order valence-electron chi connectivity index (χ0n) is 18.2. The van der Waals surface area contributed by atoms with E-state index in [-0.39, 0.29) is 17.5 Å². The molecule has 0 saturated carbocycles. The van der Waals surface area contributed by atoms with Crippen LogP contribution in [-0.2, 0) is 0 Å². The molecule has 1 saturated heterocycles. The number of aromatic nitrogens is 3. The molecule has 12 heteroatoms. The van der Waals surface area contributed by atoms with Gasteiger partial charge in [0.25, 0.3) is 6.43 Å².